The monoisotopic (exact) mass is 209 g/mol. The highest BCUT2D eigenvalue weighted by atomic mass is 35.5. The van der Waals surface area contributed by atoms with Crippen molar-refractivity contribution in [1.82, 2.24) is 0 Å². The van der Waals surface area contributed by atoms with Crippen LogP contribution in [-0.4, -0.2) is 6.29 Å². The van der Waals surface area contributed by atoms with Gasteiger partial charge in [0, 0.05) is 17.1 Å². The number of carbonyl (C=O) groups is 1. The molecule has 0 amide bonds. The van der Waals surface area contributed by atoms with Gasteiger partial charge in [0.15, 0.2) is 0 Å². The summed E-state index contributed by atoms with van der Waals surface area (Å²) in [5.41, 5.74) is 8.24. The number of benzene rings is 1. The Labute approximate surface area is 88.4 Å². The molecule has 0 aromatic heterocycles. The molecule has 2 nitrogen and oxygen atoms in total. The first kappa shape index (κ1) is 10.8. The Morgan fingerprint density at radius 1 is 1.50 bits per heavy atom. The second kappa shape index (κ2) is 4.82. The van der Waals surface area contributed by atoms with Crippen molar-refractivity contribution in [3.8, 4) is 0 Å². The van der Waals surface area contributed by atoms with Crippen LogP contribution in [0.1, 0.15) is 17.5 Å². The number of hydrogen-bond donors (Lipinski definition) is 1. The summed E-state index contributed by atoms with van der Waals surface area (Å²) in [5.74, 6) is 0. The Kier molecular flexibility index (Phi) is 3.72. The van der Waals surface area contributed by atoms with Crippen molar-refractivity contribution in [3.05, 3.63) is 34.4 Å². The summed E-state index contributed by atoms with van der Waals surface area (Å²) >= 11 is 5.96. The molecule has 0 aliphatic carbocycles. The lowest BCUT2D eigenvalue weighted by Gasteiger charge is -2.03. The van der Waals surface area contributed by atoms with Crippen molar-refractivity contribution in [1.29, 1.82) is 0 Å². The number of anilines is 1. The fourth-order valence-electron chi connectivity index (χ4n) is 1.10. The van der Waals surface area contributed by atoms with Crippen molar-refractivity contribution < 1.29 is 4.79 Å². The summed E-state index contributed by atoms with van der Waals surface area (Å²) in [7, 11) is 0. The number of aldehydes is 1. The van der Waals surface area contributed by atoms with E-state index < -0.39 is 0 Å². The zero-order valence-electron chi connectivity index (χ0n) is 7.96. The zero-order valence-corrected chi connectivity index (χ0v) is 8.71. The van der Waals surface area contributed by atoms with E-state index in [0.717, 1.165) is 17.4 Å². The molecule has 0 atom stereocenters. The van der Waals surface area contributed by atoms with E-state index in [1.807, 2.05) is 19.1 Å². The SMILES string of the molecule is Cc1cc(C=CCC=O)c(Cl)cc1N. The average molecular weight is 210 g/mol. The van der Waals surface area contributed by atoms with Crippen LogP contribution in [-0.2, 0) is 4.79 Å². The van der Waals surface area contributed by atoms with E-state index >= 15 is 0 Å². The molecule has 3 heteroatoms. The standard InChI is InChI=1S/C11H12ClNO/c1-8-6-9(4-2-3-5-14)10(12)7-11(8)13/h2,4-7H,3,13H2,1H3. The minimum atomic E-state index is 0.403. The molecule has 1 rings (SSSR count). The maximum absolute atomic E-state index is 10.1. The number of allylic oxidation sites excluding steroid dienone is 1. The lowest BCUT2D eigenvalue weighted by Crippen LogP contribution is -1.90. The van der Waals surface area contributed by atoms with Gasteiger partial charge in [0.25, 0.3) is 0 Å². The zero-order chi connectivity index (χ0) is 10.6. The first-order valence-electron chi connectivity index (χ1n) is 4.31. The summed E-state index contributed by atoms with van der Waals surface area (Å²) in [6.07, 6.45) is 4.83. The van der Waals surface area contributed by atoms with Crippen LogP contribution in [0.2, 0.25) is 5.02 Å². The molecule has 1 aromatic rings. The molecule has 0 saturated carbocycles. The third kappa shape index (κ3) is 2.60. The molecule has 0 aliphatic rings. The van der Waals surface area contributed by atoms with Gasteiger partial charge in [-0.1, -0.05) is 23.8 Å². The molecule has 0 spiro atoms. The van der Waals surface area contributed by atoms with Crippen LogP contribution < -0.4 is 5.73 Å². The number of rotatable bonds is 3. The van der Waals surface area contributed by atoms with Crippen molar-refractivity contribution in [2.24, 2.45) is 0 Å². The summed E-state index contributed by atoms with van der Waals surface area (Å²) < 4.78 is 0. The van der Waals surface area contributed by atoms with Crippen LogP contribution in [0.25, 0.3) is 6.08 Å². The highest BCUT2D eigenvalue weighted by Gasteiger charge is 2.00. The van der Waals surface area contributed by atoms with Crippen LogP contribution >= 0.6 is 11.6 Å². The van der Waals surface area contributed by atoms with Gasteiger partial charge in [0.1, 0.15) is 6.29 Å². The maximum atomic E-state index is 10.1. The first-order chi connectivity index (χ1) is 6.65. The van der Waals surface area contributed by atoms with Crippen molar-refractivity contribution in [2.45, 2.75) is 13.3 Å². The van der Waals surface area contributed by atoms with E-state index in [9.17, 15) is 4.79 Å². The number of nitrogen functional groups attached to an aromatic ring is 1. The van der Waals surface area contributed by atoms with E-state index in [1.165, 1.54) is 0 Å². The van der Waals surface area contributed by atoms with E-state index in [4.69, 9.17) is 17.3 Å². The number of nitrogens with two attached hydrogens (primary N) is 1. The van der Waals surface area contributed by atoms with Gasteiger partial charge in [0.2, 0.25) is 0 Å². The average Bonchev–Trinajstić information content (AvgIpc) is 2.14. The predicted octanol–water partition coefficient (Wildman–Crippen LogP) is 2.83. The highest BCUT2D eigenvalue weighted by molar-refractivity contribution is 6.32. The molecule has 0 saturated heterocycles. The number of carbonyl (C=O) groups excluding carboxylic acids is 1. The largest absolute Gasteiger partial charge is 0.398 e. The molecular formula is C11H12ClNO. The molecule has 0 bridgehead atoms. The summed E-state index contributed by atoms with van der Waals surface area (Å²) in [6, 6.07) is 3.62. The van der Waals surface area contributed by atoms with Gasteiger partial charge in [-0.3, -0.25) is 0 Å². The Morgan fingerprint density at radius 3 is 2.86 bits per heavy atom. The molecule has 1 aromatic carbocycles. The van der Waals surface area contributed by atoms with E-state index in [0.29, 0.717) is 17.1 Å². The van der Waals surface area contributed by atoms with Crippen LogP contribution in [0.3, 0.4) is 0 Å². The van der Waals surface area contributed by atoms with Gasteiger partial charge < -0.3 is 10.5 Å². The molecule has 0 radical (unpaired) electrons. The van der Waals surface area contributed by atoms with Crippen molar-refractivity contribution in [2.75, 3.05) is 5.73 Å². The van der Waals surface area contributed by atoms with Crippen molar-refractivity contribution in [3.63, 3.8) is 0 Å². The van der Waals surface area contributed by atoms with E-state index in [2.05, 4.69) is 0 Å². The minimum Gasteiger partial charge on any atom is -0.398 e. The summed E-state index contributed by atoms with van der Waals surface area (Å²) in [5, 5.41) is 0.607. The second-order valence-corrected chi connectivity index (χ2v) is 3.44. The third-order valence-electron chi connectivity index (χ3n) is 1.92. The topological polar surface area (TPSA) is 43.1 Å². The molecule has 0 unspecified atom stereocenters. The van der Waals surface area contributed by atoms with Crippen LogP contribution in [0, 0.1) is 6.92 Å². The Bertz CT molecular complexity index is 372. The van der Waals surface area contributed by atoms with E-state index in [1.54, 1.807) is 12.1 Å². The fraction of sp³-hybridized carbons (Fsp3) is 0.182. The number of hydrogen-bond acceptors (Lipinski definition) is 2. The van der Waals surface area contributed by atoms with Crippen LogP contribution in [0.5, 0.6) is 0 Å². The summed E-state index contributed by atoms with van der Waals surface area (Å²) in [4.78, 5) is 10.1. The molecule has 74 valence electrons. The first-order valence-corrected chi connectivity index (χ1v) is 4.68. The van der Waals surface area contributed by atoms with Gasteiger partial charge in [-0.2, -0.15) is 0 Å². The van der Waals surface area contributed by atoms with Gasteiger partial charge in [-0.25, -0.2) is 0 Å². The van der Waals surface area contributed by atoms with Crippen LogP contribution in [0.4, 0.5) is 5.69 Å². The van der Waals surface area contributed by atoms with Crippen LogP contribution in [0.15, 0.2) is 18.2 Å². The normalized spacial score (nSPS) is 10.7. The minimum absolute atomic E-state index is 0.403. The van der Waals surface area contributed by atoms with Gasteiger partial charge in [0.05, 0.1) is 0 Å². The molecular weight excluding hydrogens is 198 g/mol. The smallest absolute Gasteiger partial charge is 0.123 e. The third-order valence-corrected chi connectivity index (χ3v) is 2.24. The lowest BCUT2D eigenvalue weighted by atomic mass is 10.1. The predicted molar refractivity (Wildman–Crippen MR) is 60.3 cm³/mol. The number of halogens is 1. The highest BCUT2D eigenvalue weighted by Crippen LogP contribution is 2.23. The maximum Gasteiger partial charge on any atom is 0.123 e. The van der Waals surface area contributed by atoms with Gasteiger partial charge >= 0.3 is 0 Å². The lowest BCUT2D eigenvalue weighted by molar-refractivity contribution is -0.107. The fourth-order valence-corrected chi connectivity index (χ4v) is 1.33. The van der Waals surface area contributed by atoms with Gasteiger partial charge in [-0.15, -0.1) is 0 Å². The quantitative estimate of drug-likeness (QED) is 0.615. The number of aryl methyl sites for hydroxylation is 1. The molecule has 0 aliphatic heterocycles. The molecule has 0 heterocycles. The Hall–Kier alpha value is -1.28. The Morgan fingerprint density at radius 2 is 2.21 bits per heavy atom. The molecule has 2 N–H and O–H groups in total. The van der Waals surface area contributed by atoms with Crippen molar-refractivity contribution >= 4 is 29.7 Å². The molecule has 14 heavy (non-hydrogen) atoms. The second-order valence-electron chi connectivity index (χ2n) is 3.04. The summed E-state index contributed by atoms with van der Waals surface area (Å²) in [6.45, 7) is 1.92. The van der Waals surface area contributed by atoms with Gasteiger partial charge in [-0.05, 0) is 30.2 Å². The molecule has 0 fully saturated rings. The van der Waals surface area contributed by atoms with E-state index in [-0.39, 0.29) is 0 Å². The Balaban J connectivity index is 2.97.